The first-order valence-electron chi connectivity index (χ1n) is 8.96. The van der Waals surface area contributed by atoms with Gasteiger partial charge in [0.05, 0.1) is 11.5 Å². The molecule has 7 heteroatoms. The molecule has 0 N–H and O–H groups in total. The summed E-state index contributed by atoms with van der Waals surface area (Å²) in [5, 5.41) is 0.924. The summed E-state index contributed by atoms with van der Waals surface area (Å²) >= 11 is 0. The Morgan fingerprint density at radius 3 is 2.85 bits per heavy atom. The van der Waals surface area contributed by atoms with Crippen LogP contribution in [0.4, 0.5) is 0 Å². The third-order valence-electron chi connectivity index (χ3n) is 4.79. The monoisotopic (exact) mass is 383 g/mol. The maximum atomic E-state index is 13.1. The third kappa shape index (κ3) is 3.28. The van der Waals surface area contributed by atoms with Crippen molar-refractivity contribution in [2.24, 2.45) is 0 Å². The molecule has 0 saturated carbocycles. The van der Waals surface area contributed by atoms with Gasteiger partial charge in [-0.15, -0.1) is 0 Å². The number of ether oxygens (including phenoxy) is 1. The van der Waals surface area contributed by atoms with Crippen molar-refractivity contribution in [2.75, 3.05) is 13.2 Å². The van der Waals surface area contributed by atoms with Gasteiger partial charge in [0.2, 0.25) is 10.0 Å². The number of fused-ring (bicyclic) bond motifs is 2. The van der Waals surface area contributed by atoms with Crippen molar-refractivity contribution in [1.29, 1.82) is 0 Å². The minimum Gasteiger partial charge on any atom is -0.494 e. The van der Waals surface area contributed by atoms with Crippen LogP contribution in [0.2, 0.25) is 0 Å². The van der Waals surface area contributed by atoms with Gasteiger partial charge in [0.25, 0.3) is 0 Å². The molecule has 0 aliphatic carbocycles. The van der Waals surface area contributed by atoms with E-state index in [4.69, 9.17) is 4.74 Å². The first-order valence-corrected chi connectivity index (χ1v) is 10.4. The highest BCUT2D eigenvalue weighted by Crippen LogP contribution is 2.28. The second kappa shape index (κ2) is 6.90. The van der Waals surface area contributed by atoms with Crippen molar-refractivity contribution in [3.05, 3.63) is 59.4 Å². The average Bonchev–Trinajstić information content (AvgIpc) is 2.67. The maximum absolute atomic E-state index is 13.1. The van der Waals surface area contributed by atoms with Crippen LogP contribution >= 0.6 is 0 Å². The van der Waals surface area contributed by atoms with Crippen LogP contribution in [0, 0.1) is 6.92 Å². The van der Waals surface area contributed by atoms with Gasteiger partial charge in [-0.3, -0.25) is 0 Å². The SMILES string of the molecule is CCOc1ccc(S(=O)(=O)N2CCc3nc4ncccc4cc3C2)cc1C. The number of aryl methyl sites for hydroxylation is 1. The largest absolute Gasteiger partial charge is 0.494 e. The zero-order valence-corrected chi connectivity index (χ0v) is 16.2. The number of hydrogen-bond donors (Lipinski definition) is 0. The van der Waals surface area contributed by atoms with Gasteiger partial charge >= 0.3 is 0 Å². The lowest BCUT2D eigenvalue weighted by molar-refractivity contribution is 0.337. The van der Waals surface area contributed by atoms with E-state index in [0.29, 0.717) is 42.4 Å². The predicted octanol–water partition coefficient (Wildman–Crippen LogP) is 3.08. The molecule has 0 amide bonds. The highest BCUT2D eigenvalue weighted by molar-refractivity contribution is 7.89. The Bertz CT molecular complexity index is 1110. The maximum Gasteiger partial charge on any atom is 0.243 e. The molecule has 6 nitrogen and oxygen atoms in total. The summed E-state index contributed by atoms with van der Waals surface area (Å²) in [7, 11) is -3.58. The molecule has 0 saturated heterocycles. The molecule has 3 heterocycles. The molecule has 0 spiro atoms. The predicted molar refractivity (Wildman–Crippen MR) is 103 cm³/mol. The van der Waals surface area contributed by atoms with Crippen LogP contribution < -0.4 is 4.74 Å². The zero-order valence-electron chi connectivity index (χ0n) is 15.3. The van der Waals surface area contributed by atoms with E-state index in [1.807, 2.05) is 32.0 Å². The topological polar surface area (TPSA) is 72.4 Å². The lowest BCUT2D eigenvalue weighted by Crippen LogP contribution is -2.36. The number of pyridine rings is 2. The smallest absolute Gasteiger partial charge is 0.243 e. The van der Waals surface area contributed by atoms with Crippen LogP contribution in [0.15, 0.2) is 47.5 Å². The summed E-state index contributed by atoms with van der Waals surface area (Å²) in [6.45, 7) is 5.04. The molecule has 0 atom stereocenters. The summed E-state index contributed by atoms with van der Waals surface area (Å²) in [4.78, 5) is 9.18. The van der Waals surface area contributed by atoms with Crippen LogP contribution in [0.1, 0.15) is 23.7 Å². The Morgan fingerprint density at radius 2 is 2.07 bits per heavy atom. The number of nitrogens with zero attached hydrogens (tertiary/aromatic N) is 3. The second-order valence-corrected chi connectivity index (χ2v) is 8.53. The molecule has 4 rings (SSSR count). The fourth-order valence-electron chi connectivity index (χ4n) is 3.39. The summed E-state index contributed by atoms with van der Waals surface area (Å²) in [5.74, 6) is 0.712. The van der Waals surface area contributed by atoms with Gasteiger partial charge in [-0.1, -0.05) is 0 Å². The normalized spacial score (nSPS) is 14.9. The standard InChI is InChI=1S/C20H21N3O3S/c1-3-26-19-7-6-17(11-14(19)2)27(24,25)23-10-8-18-16(13-23)12-15-5-4-9-21-20(15)22-18/h4-7,9,11-12H,3,8,10,13H2,1-2H3. The Kier molecular flexibility index (Phi) is 4.57. The minimum atomic E-state index is -3.58. The molecule has 1 aliphatic heterocycles. The highest BCUT2D eigenvalue weighted by atomic mass is 32.2. The molecule has 27 heavy (non-hydrogen) atoms. The molecule has 1 aliphatic rings. The molecule has 0 unspecified atom stereocenters. The van der Waals surface area contributed by atoms with Crippen molar-refractivity contribution >= 4 is 21.1 Å². The lowest BCUT2D eigenvalue weighted by atomic mass is 10.1. The van der Waals surface area contributed by atoms with Crippen molar-refractivity contribution < 1.29 is 13.2 Å². The molecule has 1 aromatic carbocycles. The Balaban J connectivity index is 1.66. The van der Waals surface area contributed by atoms with E-state index in [-0.39, 0.29) is 0 Å². The van der Waals surface area contributed by atoms with E-state index in [2.05, 4.69) is 9.97 Å². The number of rotatable bonds is 4. The van der Waals surface area contributed by atoms with Crippen LogP contribution in [0.25, 0.3) is 11.0 Å². The molecule has 3 aromatic rings. The molecular formula is C20H21N3O3S. The fourth-order valence-corrected chi connectivity index (χ4v) is 4.90. The van der Waals surface area contributed by atoms with E-state index in [1.165, 1.54) is 4.31 Å². The Morgan fingerprint density at radius 1 is 1.22 bits per heavy atom. The first kappa shape index (κ1) is 17.9. The number of hydrogen-bond acceptors (Lipinski definition) is 5. The third-order valence-corrected chi connectivity index (χ3v) is 6.63. The fraction of sp³-hybridized carbons (Fsp3) is 0.300. The summed E-state index contributed by atoms with van der Waals surface area (Å²) in [5.41, 5.74) is 3.38. The number of aromatic nitrogens is 2. The molecule has 0 bridgehead atoms. The van der Waals surface area contributed by atoms with E-state index >= 15 is 0 Å². The quantitative estimate of drug-likeness (QED) is 0.692. The van der Waals surface area contributed by atoms with Crippen LogP contribution in [0.3, 0.4) is 0 Å². The van der Waals surface area contributed by atoms with Crippen molar-refractivity contribution in [3.8, 4) is 5.75 Å². The van der Waals surface area contributed by atoms with Gasteiger partial charge < -0.3 is 4.74 Å². The molecule has 140 valence electrons. The molecule has 2 aromatic heterocycles. The number of benzene rings is 1. The van der Waals surface area contributed by atoms with E-state index in [9.17, 15) is 8.42 Å². The van der Waals surface area contributed by atoms with Crippen LogP contribution in [0.5, 0.6) is 5.75 Å². The van der Waals surface area contributed by atoms with E-state index < -0.39 is 10.0 Å². The van der Waals surface area contributed by atoms with Crippen LogP contribution in [-0.4, -0.2) is 35.8 Å². The van der Waals surface area contributed by atoms with Gasteiger partial charge in [0.15, 0.2) is 5.65 Å². The first-order chi connectivity index (χ1) is 13.0. The highest BCUT2D eigenvalue weighted by Gasteiger charge is 2.29. The van der Waals surface area contributed by atoms with Gasteiger partial charge in [0, 0.05) is 36.8 Å². The zero-order chi connectivity index (χ0) is 19.0. The lowest BCUT2D eigenvalue weighted by Gasteiger charge is -2.28. The number of sulfonamides is 1. The summed E-state index contributed by atoms with van der Waals surface area (Å²) < 4.78 is 33.3. The van der Waals surface area contributed by atoms with Crippen LogP contribution in [-0.2, 0) is 23.0 Å². The van der Waals surface area contributed by atoms with Gasteiger partial charge in [-0.2, -0.15) is 4.31 Å². The average molecular weight is 383 g/mol. The van der Waals surface area contributed by atoms with Gasteiger partial charge in [-0.05, 0) is 61.4 Å². The second-order valence-electron chi connectivity index (χ2n) is 6.59. The van der Waals surface area contributed by atoms with Gasteiger partial charge in [0.1, 0.15) is 5.75 Å². The van der Waals surface area contributed by atoms with E-state index in [0.717, 1.165) is 22.2 Å². The summed E-state index contributed by atoms with van der Waals surface area (Å²) in [6.07, 6.45) is 2.30. The minimum absolute atomic E-state index is 0.294. The van der Waals surface area contributed by atoms with Gasteiger partial charge in [-0.25, -0.2) is 18.4 Å². The molecular weight excluding hydrogens is 362 g/mol. The summed E-state index contributed by atoms with van der Waals surface area (Å²) in [6, 6.07) is 10.8. The van der Waals surface area contributed by atoms with E-state index in [1.54, 1.807) is 24.4 Å². The molecule has 0 radical (unpaired) electrons. The van der Waals surface area contributed by atoms with Crippen molar-refractivity contribution in [1.82, 2.24) is 14.3 Å². The van der Waals surface area contributed by atoms with Crippen molar-refractivity contribution in [3.63, 3.8) is 0 Å². The van der Waals surface area contributed by atoms with Crippen molar-refractivity contribution in [2.45, 2.75) is 31.7 Å². The Hall–Kier alpha value is -2.51. The Labute approximate surface area is 158 Å². The molecule has 0 fully saturated rings.